The highest BCUT2D eigenvalue weighted by molar-refractivity contribution is 6.00. The number of carbonyl (C=O) groups is 1. The molecule has 1 amide bonds. The van der Waals surface area contributed by atoms with Crippen LogP contribution in [-0.4, -0.2) is 19.5 Å². The van der Waals surface area contributed by atoms with E-state index >= 15 is 0 Å². The Kier molecular flexibility index (Phi) is 3.68. The number of nitrogens with one attached hydrogen (secondary N) is 2. The van der Waals surface area contributed by atoms with Gasteiger partial charge in [-0.1, -0.05) is 6.07 Å². The number of amides is 1. The van der Waals surface area contributed by atoms with Crippen molar-refractivity contribution >= 4 is 11.6 Å². The van der Waals surface area contributed by atoms with Gasteiger partial charge in [0.15, 0.2) is 0 Å². The van der Waals surface area contributed by atoms with Crippen LogP contribution in [0.3, 0.4) is 0 Å². The molecular formula is C13H15F3N2O. The average molecular weight is 272 g/mol. The second-order valence-corrected chi connectivity index (χ2v) is 4.63. The number of anilines is 1. The van der Waals surface area contributed by atoms with Crippen molar-refractivity contribution in [1.82, 2.24) is 5.32 Å². The lowest BCUT2D eigenvalue weighted by Gasteiger charge is -2.16. The second kappa shape index (κ2) is 5.11. The highest BCUT2D eigenvalue weighted by Crippen LogP contribution is 2.36. The highest BCUT2D eigenvalue weighted by atomic mass is 19.4. The molecule has 1 fully saturated rings. The normalized spacial score (nSPS) is 15.2. The summed E-state index contributed by atoms with van der Waals surface area (Å²) in [5, 5.41) is 5.14. The van der Waals surface area contributed by atoms with Crippen molar-refractivity contribution in [3.63, 3.8) is 0 Å². The third-order valence-corrected chi connectivity index (χ3v) is 3.11. The third kappa shape index (κ3) is 3.19. The van der Waals surface area contributed by atoms with E-state index in [2.05, 4.69) is 10.6 Å². The molecule has 0 atom stereocenters. The SMILES string of the molecule is CNc1c(C(=O)NCC2CC2)cccc1C(F)(F)F. The molecule has 1 aliphatic rings. The Labute approximate surface area is 109 Å². The maximum Gasteiger partial charge on any atom is 0.418 e. The summed E-state index contributed by atoms with van der Waals surface area (Å²) < 4.78 is 38.5. The fraction of sp³-hybridized carbons (Fsp3) is 0.462. The van der Waals surface area contributed by atoms with Crippen LogP contribution < -0.4 is 10.6 Å². The largest absolute Gasteiger partial charge is 0.418 e. The van der Waals surface area contributed by atoms with Crippen molar-refractivity contribution in [3.05, 3.63) is 29.3 Å². The maximum absolute atomic E-state index is 12.8. The van der Waals surface area contributed by atoms with Crippen LogP contribution in [-0.2, 0) is 6.18 Å². The molecule has 19 heavy (non-hydrogen) atoms. The van der Waals surface area contributed by atoms with Gasteiger partial charge in [0.1, 0.15) is 0 Å². The molecule has 0 saturated heterocycles. The van der Waals surface area contributed by atoms with Gasteiger partial charge in [-0.15, -0.1) is 0 Å². The Morgan fingerprint density at radius 3 is 2.58 bits per heavy atom. The van der Waals surface area contributed by atoms with Gasteiger partial charge in [-0.3, -0.25) is 4.79 Å². The van der Waals surface area contributed by atoms with E-state index in [4.69, 9.17) is 0 Å². The highest BCUT2D eigenvalue weighted by Gasteiger charge is 2.35. The molecule has 0 unspecified atom stereocenters. The van der Waals surface area contributed by atoms with Crippen LogP contribution in [0.15, 0.2) is 18.2 Å². The minimum Gasteiger partial charge on any atom is -0.387 e. The predicted octanol–water partition coefficient (Wildman–Crippen LogP) is 2.89. The van der Waals surface area contributed by atoms with Crippen molar-refractivity contribution in [2.24, 2.45) is 5.92 Å². The zero-order valence-corrected chi connectivity index (χ0v) is 10.5. The first-order valence-corrected chi connectivity index (χ1v) is 6.09. The van der Waals surface area contributed by atoms with Crippen LogP contribution >= 0.6 is 0 Å². The summed E-state index contributed by atoms with van der Waals surface area (Å²) in [5.41, 5.74) is -0.977. The minimum absolute atomic E-state index is 0.0259. The Bertz CT molecular complexity index is 481. The monoisotopic (exact) mass is 272 g/mol. The summed E-state index contributed by atoms with van der Waals surface area (Å²) in [4.78, 5) is 11.9. The van der Waals surface area contributed by atoms with E-state index in [0.717, 1.165) is 18.9 Å². The van der Waals surface area contributed by atoms with Crippen molar-refractivity contribution in [1.29, 1.82) is 0 Å². The third-order valence-electron chi connectivity index (χ3n) is 3.11. The quantitative estimate of drug-likeness (QED) is 0.885. The predicted molar refractivity (Wildman–Crippen MR) is 66.0 cm³/mol. The first-order chi connectivity index (χ1) is 8.93. The van der Waals surface area contributed by atoms with Gasteiger partial charge in [0, 0.05) is 13.6 Å². The molecule has 2 N–H and O–H groups in total. The Morgan fingerprint density at radius 1 is 1.37 bits per heavy atom. The molecule has 2 rings (SSSR count). The molecular weight excluding hydrogens is 257 g/mol. The van der Waals surface area contributed by atoms with E-state index < -0.39 is 17.6 Å². The Balaban J connectivity index is 2.25. The van der Waals surface area contributed by atoms with E-state index in [0.29, 0.717) is 12.5 Å². The summed E-state index contributed by atoms with van der Waals surface area (Å²) in [5.74, 6) is 0.00938. The van der Waals surface area contributed by atoms with Gasteiger partial charge < -0.3 is 10.6 Å². The van der Waals surface area contributed by atoms with Gasteiger partial charge in [-0.05, 0) is 30.9 Å². The number of hydrogen-bond acceptors (Lipinski definition) is 2. The van der Waals surface area contributed by atoms with Crippen LogP contribution in [0.1, 0.15) is 28.8 Å². The first-order valence-electron chi connectivity index (χ1n) is 6.09. The molecule has 1 aromatic rings. The van der Waals surface area contributed by atoms with E-state index in [-0.39, 0.29) is 11.3 Å². The van der Waals surface area contributed by atoms with E-state index in [1.807, 2.05) is 0 Å². The van der Waals surface area contributed by atoms with Crippen LogP contribution in [0.5, 0.6) is 0 Å². The van der Waals surface area contributed by atoms with Crippen LogP contribution in [0.2, 0.25) is 0 Å². The lowest BCUT2D eigenvalue weighted by molar-refractivity contribution is -0.136. The maximum atomic E-state index is 12.8. The first kappa shape index (κ1) is 13.7. The van der Waals surface area contributed by atoms with Gasteiger partial charge in [0.2, 0.25) is 0 Å². The second-order valence-electron chi connectivity index (χ2n) is 4.63. The van der Waals surface area contributed by atoms with Gasteiger partial charge >= 0.3 is 6.18 Å². The van der Waals surface area contributed by atoms with Crippen molar-refractivity contribution in [2.75, 3.05) is 18.9 Å². The standard InChI is InChI=1S/C13H15F3N2O/c1-17-11-9(12(19)18-7-8-5-6-8)3-2-4-10(11)13(14,15)16/h2-4,8,17H,5-7H2,1H3,(H,18,19). The molecule has 0 bridgehead atoms. The molecule has 104 valence electrons. The number of para-hydroxylation sites is 1. The summed E-state index contributed by atoms with van der Waals surface area (Å²) in [7, 11) is 1.38. The molecule has 1 aliphatic carbocycles. The number of alkyl halides is 3. The van der Waals surface area contributed by atoms with Crippen molar-refractivity contribution < 1.29 is 18.0 Å². The van der Waals surface area contributed by atoms with Gasteiger partial charge in [0.05, 0.1) is 16.8 Å². The lowest BCUT2D eigenvalue weighted by atomic mass is 10.1. The number of carbonyl (C=O) groups excluding carboxylic acids is 1. The summed E-state index contributed by atoms with van der Waals surface area (Å²) >= 11 is 0. The number of benzene rings is 1. The van der Waals surface area contributed by atoms with Gasteiger partial charge in [-0.2, -0.15) is 13.2 Å². The zero-order valence-electron chi connectivity index (χ0n) is 10.5. The fourth-order valence-electron chi connectivity index (χ4n) is 1.90. The molecule has 0 radical (unpaired) electrons. The number of halogens is 3. The lowest BCUT2D eigenvalue weighted by Crippen LogP contribution is -2.27. The molecule has 3 nitrogen and oxygen atoms in total. The smallest absolute Gasteiger partial charge is 0.387 e. The minimum atomic E-state index is -4.48. The van der Waals surface area contributed by atoms with Gasteiger partial charge in [0.25, 0.3) is 5.91 Å². The summed E-state index contributed by atoms with van der Waals surface area (Å²) in [6, 6.07) is 3.60. The molecule has 1 saturated carbocycles. The van der Waals surface area contributed by atoms with Gasteiger partial charge in [-0.25, -0.2) is 0 Å². The van der Waals surface area contributed by atoms with Crippen LogP contribution in [0.4, 0.5) is 18.9 Å². The molecule has 0 heterocycles. The summed E-state index contributed by atoms with van der Waals surface area (Å²) in [6.07, 6.45) is -2.34. The van der Waals surface area contributed by atoms with Crippen LogP contribution in [0, 0.1) is 5.92 Å². The summed E-state index contributed by atoms with van der Waals surface area (Å²) in [6.45, 7) is 0.526. The van der Waals surface area contributed by atoms with E-state index in [9.17, 15) is 18.0 Å². The molecule has 1 aromatic carbocycles. The Morgan fingerprint density at radius 2 is 2.05 bits per heavy atom. The Hall–Kier alpha value is -1.72. The van der Waals surface area contributed by atoms with E-state index in [1.165, 1.54) is 19.2 Å². The number of hydrogen-bond donors (Lipinski definition) is 2. The zero-order chi connectivity index (χ0) is 14.0. The molecule has 6 heteroatoms. The molecule has 0 aliphatic heterocycles. The topological polar surface area (TPSA) is 41.1 Å². The number of rotatable bonds is 4. The van der Waals surface area contributed by atoms with E-state index in [1.54, 1.807) is 0 Å². The molecule has 0 aromatic heterocycles. The average Bonchev–Trinajstić information content (AvgIpc) is 3.17. The van der Waals surface area contributed by atoms with Crippen molar-refractivity contribution in [2.45, 2.75) is 19.0 Å². The molecule has 0 spiro atoms. The van der Waals surface area contributed by atoms with Crippen LogP contribution in [0.25, 0.3) is 0 Å². The van der Waals surface area contributed by atoms with Crippen molar-refractivity contribution in [3.8, 4) is 0 Å². The fourth-order valence-corrected chi connectivity index (χ4v) is 1.90.